The number of nitro benzene ring substituents is 1. The largest absolute Gasteiger partial charge is 0.504 e. The van der Waals surface area contributed by atoms with Crippen LogP contribution in [0.1, 0.15) is 0 Å². The zero-order valence-corrected chi connectivity index (χ0v) is 15.1. The van der Waals surface area contributed by atoms with E-state index in [0.29, 0.717) is 18.2 Å². The van der Waals surface area contributed by atoms with E-state index in [1.54, 1.807) is 0 Å². The molecular weight excluding hydrogens is 425 g/mol. The molecule has 2 rings (SSSR count). The lowest BCUT2D eigenvalue weighted by Crippen LogP contribution is -2.28. The van der Waals surface area contributed by atoms with Gasteiger partial charge in [0.05, 0.1) is 22.6 Å². The maximum Gasteiger partial charge on any atom is 0.491 e. The molecule has 0 atom stereocenters. The minimum atomic E-state index is -5.41. The lowest BCUT2D eigenvalue weighted by atomic mass is 10.3. The van der Waals surface area contributed by atoms with E-state index < -0.39 is 49.2 Å². The highest BCUT2D eigenvalue weighted by atomic mass is 32.2. The van der Waals surface area contributed by atoms with Crippen LogP contribution in [0.4, 0.5) is 24.5 Å². The third-order valence-electron chi connectivity index (χ3n) is 3.30. The third kappa shape index (κ3) is 5.04. The number of nitrogens with one attached hydrogen (secondary N) is 1. The molecule has 0 fully saturated rings. The molecule has 0 aliphatic carbocycles. The second-order valence-electron chi connectivity index (χ2n) is 5.27. The first-order valence-electron chi connectivity index (χ1n) is 7.32. The number of ether oxygens (including phenoxy) is 2. The van der Waals surface area contributed by atoms with Crippen LogP contribution in [-0.2, 0) is 14.8 Å². The van der Waals surface area contributed by atoms with Crippen molar-refractivity contribution < 1.29 is 45.9 Å². The van der Waals surface area contributed by atoms with E-state index in [0.717, 1.165) is 6.07 Å². The van der Waals surface area contributed by atoms with Gasteiger partial charge in [-0.1, -0.05) is 0 Å². The first-order valence-corrected chi connectivity index (χ1v) is 8.80. The van der Waals surface area contributed by atoms with Gasteiger partial charge in [-0.25, -0.2) is 13.2 Å². The predicted molar refractivity (Wildman–Crippen MR) is 90.3 cm³/mol. The molecule has 0 amide bonds. The van der Waals surface area contributed by atoms with Gasteiger partial charge in [0.1, 0.15) is 0 Å². The first-order chi connectivity index (χ1) is 13.3. The molecule has 0 radical (unpaired) electrons. The summed E-state index contributed by atoms with van der Waals surface area (Å²) < 4.78 is 72.4. The molecule has 2 aromatic rings. The van der Waals surface area contributed by atoms with Crippen LogP contribution in [0.5, 0.6) is 17.2 Å². The summed E-state index contributed by atoms with van der Waals surface area (Å²) in [4.78, 5) is 20.0. The Bertz CT molecular complexity index is 1070. The Balaban J connectivity index is 2.38. The van der Waals surface area contributed by atoms with E-state index in [2.05, 4.69) is 4.74 Å². The topological polar surface area (TPSA) is 145 Å². The van der Waals surface area contributed by atoms with Gasteiger partial charge in [-0.15, -0.1) is 0 Å². The maximum atomic E-state index is 12.4. The number of phenols is 1. The Labute approximate surface area is 160 Å². The second kappa shape index (κ2) is 7.83. The SMILES string of the molecule is COc1ccc(NS(=O)(=O)c2ccc(OC(=O)C(F)(F)F)c([N+](=O)[O-])c2)cc1O. The Kier molecular flexibility index (Phi) is 5.87. The third-order valence-corrected chi connectivity index (χ3v) is 4.68. The van der Waals surface area contributed by atoms with Crippen molar-refractivity contribution in [2.24, 2.45) is 0 Å². The van der Waals surface area contributed by atoms with Crippen LogP contribution in [0.3, 0.4) is 0 Å². The Hall–Kier alpha value is -3.55. The number of sulfonamides is 1. The van der Waals surface area contributed by atoms with Crippen molar-refractivity contribution in [3.05, 3.63) is 46.5 Å². The molecule has 0 aliphatic rings. The number of nitrogens with zero attached hydrogens (tertiary/aromatic N) is 1. The number of nitro groups is 1. The average Bonchev–Trinajstić information content (AvgIpc) is 2.60. The molecule has 0 saturated carbocycles. The van der Waals surface area contributed by atoms with Crippen LogP contribution in [0.15, 0.2) is 41.3 Å². The van der Waals surface area contributed by atoms with Gasteiger partial charge in [-0.3, -0.25) is 14.8 Å². The fraction of sp³-hybridized carbons (Fsp3) is 0.133. The van der Waals surface area contributed by atoms with Crippen molar-refractivity contribution in [1.82, 2.24) is 0 Å². The molecule has 0 unspecified atom stereocenters. The van der Waals surface area contributed by atoms with E-state index in [1.807, 2.05) is 4.72 Å². The summed E-state index contributed by atoms with van der Waals surface area (Å²) in [7, 11) is -3.18. The van der Waals surface area contributed by atoms with Crippen LogP contribution in [0.25, 0.3) is 0 Å². The summed E-state index contributed by atoms with van der Waals surface area (Å²) in [6.45, 7) is 0. The zero-order valence-electron chi connectivity index (χ0n) is 14.3. The van der Waals surface area contributed by atoms with Crippen molar-refractivity contribution in [3.63, 3.8) is 0 Å². The number of esters is 1. The quantitative estimate of drug-likeness (QED) is 0.304. The number of anilines is 1. The monoisotopic (exact) mass is 436 g/mol. The van der Waals surface area contributed by atoms with E-state index >= 15 is 0 Å². The minimum Gasteiger partial charge on any atom is -0.504 e. The summed E-state index contributed by atoms with van der Waals surface area (Å²) in [5.74, 6) is -4.13. The number of alkyl halides is 3. The van der Waals surface area contributed by atoms with E-state index in [4.69, 9.17) is 4.74 Å². The van der Waals surface area contributed by atoms with Gasteiger partial charge in [0.25, 0.3) is 10.0 Å². The summed E-state index contributed by atoms with van der Waals surface area (Å²) in [5, 5.41) is 20.7. The molecule has 2 aromatic carbocycles. The summed E-state index contributed by atoms with van der Waals surface area (Å²) in [6.07, 6.45) is -5.41. The van der Waals surface area contributed by atoms with Crippen LogP contribution in [0, 0.1) is 10.1 Å². The van der Waals surface area contributed by atoms with Crippen molar-refractivity contribution in [3.8, 4) is 17.2 Å². The average molecular weight is 436 g/mol. The van der Waals surface area contributed by atoms with Gasteiger partial charge >= 0.3 is 17.8 Å². The highest BCUT2D eigenvalue weighted by Crippen LogP contribution is 2.33. The van der Waals surface area contributed by atoms with E-state index in [1.165, 1.54) is 19.2 Å². The Morgan fingerprint density at radius 3 is 2.31 bits per heavy atom. The number of halogens is 3. The van der Waals surface area contributed by atoms with E-state index in [-0.39, 0.29) is 11.4 Å². The fourth-order valence-corrected chi connectivity index (χ4v) is 3.09. The highest BCUT2D eigenvalue weighted by Gasteiger charge is 2.42. The molecular formula is C15H11F3N2O8S. The van der Waals surface area contributed by atoms with Gasteiger partial charge in [-0.2, -0.15) is 13.2 Å². The van der Waals surface area contributed by atoms with Gasteiger partial charge in [0, 0.05) is 12.1 Å². The predicted octanol–water partition coefficient (Wildman–Crippen LogP) is 2.58. The molecule has 10 nitrogen and oxygen atoms in total. The number of rotatable bonds is 6. The number of hydrogen-bond donors (Lipinski definition) is 2. The summed E-state index contributed by atoms with van der Waals surface area (Å²) in [6, 6.07) is 5.15. The number of aromatic hydroxyl groups is 1. The Morgan fingerprint density at radius 1 is 1.17 bits per heavy atom. The number of hydrogen-bond acceptors (Lipinski definition) is 8. The first kappa shape index (κ1) is 21.7. The number of benzene rings is 2. The van der Waals surface area contributed by atoms with Crippen LogP contribution in [-0.4, -0.2) is 37.7 Å². The van der Waals surface area contributed by atoms with Gasteiger partial charge < -0.3 is 14.6 Å². The number of phenolic OH excluding ortho intramolecular Hbond substituents is 1. The number of methoxy groups -OCH3 is 1. The molecule has 156 valence electrons. The highest BCUT2D eigenvalue weighted by molar-refractivity contribution is 7.92. The zero-order chi connectivity index (χ0) is 22.0. The van der Waals surface area contributed by atoms with Crippen molar-refractivity contribution >= 4 is 27.4 Å². The van der Waals surface area contributed by atoms with Crippen molar-refractivity contribution in [2.45, 2.75) is 11.1 Å². The molecule has 2 N–H and O–H groups in total. The lowest BCUT2D eigenvalue weighted by molar-refractivity contribution is -0.386. The molecule has 0 bridgehead atoms. The fourth-order valence-electron chi connectivity index (χ4n) is 2.02. The molecule has 0 heterocycles. The number of carbonyl (C=O) groups excluding carboxylic acids is 1. The normalized spacial score (nSPS) is 11.6. The molecule has 29 heavy (non-hydrogen) atoms. The summed E-state index contributed by atoms with van der Waals surface area (Å²) >= 11 is 0. The van der Waals surface area contributed by atoms with Crippen LogP contribution in [0.2, 0.25) is 0 Å². The lowest BCUT2D eigenvalue weighted by Gasteiger charge is -2.11. The minimum absolute atomic E-state index is 0.0550. The molecule has 0 saturated heterocycles. The Morgan fingerprint density at radius 2 is 1.79 bits per heavy atom. The van der Waals surface area contributed by atoms with Crippen molar-refractivity contribution in [1.29, 1.82) is 0 Å². The van der Waals surface area contributed by atoms with Gasteiger partial charge in [0.2, 0.25) is 5.75 Å². The maximum absolute atomic E-state index is 12.4. The molecule has 0 spiro atoms. The second-order valence-corrected chi connectivity index (χ2v) is 6.95. The van der Waals surface area contributed by atoms with Crippen LogP contribution >= 0.6 is 0 Å². The van der Waals surface area contributed by atoms with E-state index in [9.17, 15) is 41.6 Å². The van der Waals surface area contributed by atoms with Gasteiger partial charge in [-0.05, 0) is 24.3 Å². The molecule has 0 aliphatic heterocycles. The van der Waals surface area contributed by atoms with Crippen molar-refractivity contribution in [2.75, 3.05) is 11.8 Å². The standard InChI is InChI=1S/C15H11F3N2O8S/c1-27-13-4-2-8(6-11(13)21)19-29(25,26)9-3-5-12(10(7-9)20(23)24)28-14(22)15(16,17)18/h2-7,19,21H,1H3. The van der Waals surface area contributed by atoms with Crippen LogP contribution < -0.4 is 14.2 Å². The summed E-state index contributed by atoms with van der Waals surface area (Å²) in [5.41, 5.74) is -1.30. The number of carbonyl (C=O) groups is 1. The van der Waals surface area contributed by atoms with Gasteiger partial charge in [0.15, 0.2) is 11.5 Å². The molecule has 0 aromatic heterocycles. The smallest absolute Gasteiger partial charge is 0.491 e. The molecule has 14 heteroatoms.